The van der Waals surface area contributed by atoms with E-state index in [0.29, 0.717) is 6.04 Å². The van der Waals surface area contributed by atoms with Gasteiger partial charge in [-0.25, -0.2) is 0 Å². The Hall–Kier alpha value is -0.0400. The third-order valence-corrected chi connectivity index (χ3v) is 6.38. The van der Waals surface area contributed by atoms with E-state index in [1.807, 2.05) is 0 Å². The van der Waals surface area contributed by atoms with Crippen molar-refractivity contribution in [3.63, 3.8) is 0 Å². The molecule has 0 spiro atoms. The molecule has 0 heterocycles. The van der Waals surface area contributed by atoms with Crippen molar-refractivity contribution < 1.29 is 0 Å². The van der Waals surface area contributed by atoms with Gasteiger partial charge in [0.15, 0.2) is 0 Å². The second-order valence-corrected chi connectivity index (χ2v) is 6.01. The molecule has 0 aromatic heterocycles. The number of hydrogen-bond donors (Lipinski definition) is 1. The van der Waals surface area contributed by atoms with Crippen LogP contribution in [0.5, 0.6) is 0 Å². The average molecular weight is 161 g/mol. The lowest BCUT2D eigenvalue weighted by Gasteiger charge is -2.33. The predicted octanol–water partition coefficient (Wildman–Crippen LogP) is 1.09. The zero-order valence-electron chi connectivity index (χ0n) is 7.19. The molecule has 1 heteroatoms. The first-order valence-electron chi connectivity index (χ1n) is 5.63. The summed E-state index contributed by atoms with van der Waals surface area (Å²) in [5.74, 6) is 8.84. The minimum atomic E-state index is 0.646. The molecule has 2 N–H and O–H groups in total. The van der Waals surface area contributed by atoms with Gasteiger partial charge >= 0.3 is 0 Å². The normalized spacial score (nSPS) is 85.2. The minimum absolute atomic E-state index is 0.646. The van der Waals surface area contributed by atoms with Crippen LogP contribution >= 0.6 is 0 Å². The van der Waals surface area contributed by atoms with Crippen molar-refractivity contribution in [3.8, 4) is 0 Å². The number of hydrogen-bond acceptors (Lipinski definition) is 1. The molecule has 6 bridgehead atoms. The van der Waals surface area contributed by atoms with Crippen LogP contribution in [0.2, 0.25) is 0 Å². The predicted molar refractivity (Wildman–Crippen MR) is 45.1 cm³/mol. The Labute approximate surface area is 72.7 Å². The summed E-state index contributed by atoms with van der Waals surface area (Å²) in [6.45, 7) is 0. The molecule has 0 amide bonds. The highest BCUT2D eigenvalue weighted by atomic mass is 14.9. The molecule has 0 saturated heterocycles. The van der Waals surface area contributed by atoms with E-state index in [1.54, 1.807) is 12.8 Å². The molecule has 12 heavy (non-hydrogen) atoms. The fraction of sp³-hybridized carbons (Fsp3) is 1.00. The van der Waals surface area contributed by atoms with Crippen LogP contribution in [0.4, 0.5) is 0 Å². The molecule has 1 nitrogen and oxygen atoms in total. The minimum Gasteiger partial charge on any atom is -0.327 e. The van der Waals surface area contributed by atoms with Crippen LogP contribution in [-0.2, 0) is 0 Å². The molecule has 6 fully saturated rings. The van der Waals surface area contributed by atoms with Gasteiger partial charge in [-0.1, -0.05) is 0 Å². The Morgan fingerprint density at radius 2 is 1.17 bits per heavy atom. The van der Waals surface area contributed by atoms with Crippen molar-refractivity contribution in [1.29, 1.82) is 0 Å². The van der Waals surface area contributed by atoms with Gasteiger partial charge in [0.2, 0.25) is 0 Å². The quantitative estimate of drug-likeness (QED) is 0.565. The monoisotopic (exact) mass is 161 g/mol. The maximum Gasteiger partial charge on any atom is 0.0107 e. The first-order chi connectivity index (χ1) is 5.88. The molecule has 9 atom stereocenters. The summed E-state index contributed by atoms with van der Waals surface area (Å²) in [5, 5.41) is 0. The zero-order chi connectivity index (χ0) is 7.61. The topological polar surface area (TPSA) is 26.0 Å². The molecule has 0 radical (unpaired) electrons. The van der Waals surface area contributed by atoms with E-state index in [1.165, 1.54) is 11.8 Å². The van der Waals surface area contributed by atoms with Gasteiger partial charge in [-0.05, 0) is 60.2 Å². The molecule has 6 saturated carbocycles. The summed E-state index contributed by atoms with van der Waals surface area (Å²) in [4.78, 5) is 0. The van der Waals surface area contributed by atoms with Crippen molar-refractivity contribution in [2.75, 3.05) is 0 Å². The highest BCUT2D eigenvalue weighted by Crippen LogP contribution is 2.82. The summed E-state index contributed by atoms with van der Waals surface area (Å²) in [7, 11) is 0. The van der Waals surface area contributed by atoms with E-state index < -0.39 is 0 Å². The van der Waals surface area contributed by atoms with E-state index in [9.17, 15) is 0 Å². The highest BCUT2D eigenvalue weighted by molar-refractivity contribution is 5.28. The van der Waals surface area contributed by atoms with Gasteiger partial charge in [0.1, 0.15) is 0 Å². The van der Waals surface area contributed by atoms with E-state index >= 15 is 0 Å². The lowest BCUT2D eigenvalue weighted by molar-refractivity contribution is 0.132. The van der Waals surface area contributed by atoms with Gasteiger partial charge in [-0.2, -0.15) is 0 Å². The first kappa shape index (κ1) is 5.64. The Bertz CT molecular complexity index is 251. The Morgan fingerprint density at radius 1 is 0.667 bits per heavy atom. The van der Waals surface area contributed by atoms with Gasteiger partial charge in [-0.3, -0.25) is 0 Å². The van der Waals surface area contributed by atoms with Gasteiger partial charge in [-0.15, -0.1) is 0 Å². The van der Waals surface area contributed by atoms with Crippen LogP contribution in [0.25, 0.3) is 0 Å². The first-order valence-corrected chi connectivity index (χ1v) is 5.63. The van der Waals surface area contributed by atoms with Crippen LogP contribution in [0.15, 0.2) is 0 Å². The van der Waals surface area contributed by atoms with Crippen molar-refractivity contribution in [1.82, 2.24) is 0 Å². The van der Waals surface area contributed by atoms with E-state index in [2.05, 4.69) is 0 Å². The summed E-state index contributed by atoms with van der Waals surface area (Å²) in [6, 6.07) is 0.646. The Morgan fingerprint density at radius 3 is 1.67 bits per heavy atom. The Balaban J connectivity index is 1.89. The third-order valence-electron chi connectivity index (χ3n) is 6.38. The van der Waals surface area contributed by atoms with Crippen molar-refractivity contribution in [2.24, 2.45) is 53.1 Å². The van der Waals surface area contributed by atoms with Gasteiger partial charge in [0, 0.05) is 6.04 Å². The van der Waals surface area contributed by atoms with Crippen LogP contribution in [-0.4, -0.2) is 6.04 Å². The molecule has 64 valence electrons. The fourth-order valence-corrected chi connectivity index (χ4v) is 6.69. The van der Waals surface area contributed by atoms with Gasteiger partial charge in [0.05, 0.1) is 0 Å². The lowest BCUT2D eigenvalue weighted by atomic mass is 9.71. The molecule has 0 aromatic carbocycles. The van der Waals surface area contributed by atoms with Crippen LogP contribution in [0.3, 0.4) is 0 Å². The van der Waals surface area contributed by atoms with Gasteiger partial charge < -0.3 is 5.73 Å². The average Bonchev–Trinajstić information content (AvgIpc) is 2.68. The molecular weight excluding hydrogens is 146 g/mol. The molecule has 0 aromatic rings. The SMILES string of the molecule is NC1[C@@H]2[C@@H]3C[C@@H]4[C@H]5C[C@H]([C@H]1[C@H]53)[C@@H]42. The zero-order valence-corrected chi connectivity index (χ0v) is 7.19. The molecule has 1 unspecified atom stereocenters. The van der Waals surface area contributed by atoms with E-state index in [-0.39, 0.29) is 0 Å². The summed E-state index contributed by atoms with van der Waals surface area (Å²) in [6.07, 6.45) is 3.18. The maximum absolute atomic E-state index is 6.34. The molecule has 6 rings (SSSR count). The third kappa shape index (κ3) is 0.296. The Kier molecular flexibility index (Phi) is 0.609. The van der Waals surface area contributed by atoms with E-state index in [0.717, 1.165) is 35.5 Å². The lowest BCUT2D eigenvalue weighted by Crippen LogP contribution is -2.30. The van der Waals surface area contributed by atoms with E-state index in [4.69, 9.17) is 5.73 Å². The highest BCUT2D eigenvalue weighted by Gasteiger charge is 2.79. The fourth-order valence-electron chi connectivity index (χ4n) is 6.69. The summed E-state index contributed by atoms with van der Waals surface area (Å²) in [5.41, 5.74) is 6.34. The van der Waals surface area contributed by atoms with Crippen LogP contribution in [0.1, 0.15) is 12.8 Å². The molecule has 6 aliphatic carbocycles. The molecule has 6 aliphatic rings. The van der Waals surface area contributed by atoms with Crippen LogP contribution < -0.4 is 5.73 Å². The maximum atomic E-state index is 6.34. The van der Waals surface area contributed by atoms with Crippen molar-refractivity contribution in [3.05, 3.63) is 0 Å². The molecule has 0 aliphatic heterocycles. The number of nitrogens with two attached hydrogens (primary N) is 1. The second kappa shape index (κ2) is 1.30. The van der Waals surface area contributed by atoms with Gasteiger partial charge in [0.25, 0.3) is 0 Å². The summed E-state index contributed by atoms with van der Waals surface area (Å²) < 4.78 is 0. The smallest absolute Gasteiger partial charge is 0.0107 e. The van der Waals surface area contributed by atoms with Crippen molar-refractivity contribution in [2.45, 2.75) is 18.9 Å². The largest absolute Gasteiger partial charge is 0.327 e. The second-order valence-electron chi connectivity index (χ2n) is 6.01. The summed E-state index contributed by atoms with van der Waals surface area (Å²) >= 11 is 0. The molecular formula is C11H15N. The number of rotatable bonds is 0. The van der Waals surface area contributed by atoms with Crippen molar-refractivity contribution >= 4 is 0 Å². The standard InChI is InChI=1S/C11H15N/c12-11-9-5-1-3-4-2-6(7(3)9)10(11)8(4)5/h3-11H,1-2,12H2/t3-,4-,5-,6+,7-,8-,9-,10+,11?/m1/s1. The van der Waals surface area contributed by atoms with Crippen LogP contribution in [0, 0.1) is 47.3 Å².